The van der Waals surface area contributed by atoms with E-state index in [1.54, 1.807) is 12.1 Å². The lowest BCUT2D eigenvalue weighted by atomic mass is 10.1. The minimum atomic E-state index is -0.144. The van der Waals surface area contributed by atoms with E-state index in [9.17, 15) is 9.90 Å². The number of urea groups is 1. The molecule has 1 saturated heterocycles. The zero-order chi connectivity index (χ0) is 19.5. The molecule has 8 heteroatoms. The summed E-state index contributed by atoms with van der Waals surface area (Å²) in [5.41, 5.74) is 0.991. The summed E-state index contributed by atoms with van der Waals surface area (Å²) in [5.74, 6) is 0.766. The lowest BCUT2D eigenvalue weighted by Gasteiger charge is -2.30. The van der Waals surface area contributed by atoms with Crippen LogP contribution in [0.25, 0.3) is 0 Å². The van der Waals surface area contributed by atoms with Crippen LogP contribution < -0.4 is 5.32 Å². The number of carbonyl (C=O) groups excluding carboxylic acids is 1. The van der Waals surface area contributed by atoms with E-state index in [0.717, 1.165) is 30.1 Å². The highest BCUT2D eigenvalue weighted by atomic mass is 32.1. The van der Waals surface area contributed by atoms with E-state index >= 15 is 0 Å². The molecule has 2 aromatic rings. The summed E-state index contributed by atoms with van der Waals surface area (Å²) in [7, 11) is 0. The summed E-state index contributed by atoms with van der Waals surface area (Å²) in [6.45, 7) is 5.43. The fourth-order valence-corrected chi connectivity index (χ4v) is 4.67. The monoisotopic (exact) mass is 401 g/mol. The molecule has 2 amide bonds. The van der Waals surface area contributed by atoms with E-state index in [2.05, 4.69) is 27.3 Å². The van der Waals surface area contributed by atoms with Gasteiger partial charge in [0.1, 0.15) is 10.8 Å². The van der Waals surface area contributed by atoms with E-state index in [4.69, 9.17) is 0 Å². The lowest BCUT2D eigenvalue weighted by Crippen LogP contribution is -2.44. The van der Waals surface area contributed by atoms with Crippen LogP contribution in [0.2, 0.25) is 0 Å². The largest absolute Gasteiger partial charge is 0.508 e. The highest BCUT2D eigenvalue weighted by molar-refractivity contribution is 7.15. The van der Waals surface area contributed by atoms with Crippen molar-refractivity contribution in [1.82, 2.24) is 20.0 Å². The Bertz CT molecular complexity index is 805. The number of anilines is 1. The summed E-state index contributed by atoms with van der Waals surface area (Å²) >= 11 is 1.48. The van der Waals surface area contributed by atoms with Crippen LogP contribution in [0, 0.1) is 0 Å². The van der Waals surface area contributed by atoms with Gasteiger partial charge in [0.25, 0.3) is 0 Å². The van der Waals surface area contributed by atoms with Crippen molar-refractivity contribution in [2.45, 2.75) is 51.1 Å². The van der Waals surface area contributed by atoms with Crippen LogP contribution in [0.5, 0.6) is 5.75 Å². The minimum Gasteiger partial charge on any atom is -0.508 e. The zero-order valence-electron chi connectivity index (χ0n) is 16.2. The maximum absolute atomic E-state index is 13.0. The van der Waals surface area contributed by atoms with Crippen molar-refractivity contribution in [1.29, 1.82) is 0 Å². The lowest BCUT2D eigenvalue weighted by molar-refractivity contribution is 0.175. The van der Waals surface area contributed by atoms with Crippen LogP contribution in [-0.2, 0) is 6.54 Å². The molecule has 2 aliphatic rings. The van der Waals surface area contributed by atoms with Gasteiger partial charge >= 0.3 is 6.03 Å². The third-order valence-corrected chi connectivity index (χ3v) is 6.52. The van der Waals surface area contributed by atoms with Gasteiger partial charge in [-0.3, -0.25) is 10.2 Å². The maximum Gasteiger partial charge on any atom is 0.324 e. The van der Waals surface area contributed by atoms with E-state index in [0.29, 0.717) is 30.2 Å². The third-order valence-electron chi connectivity index (χ3n) is 5.51. The Morgan fingerprint density at radius 1 is 1.29 bits per heavy atom. The maximum atomic E-state index is 13.0. The summed E-state index contributed by atoms with van der Waals surface area (Å²) < 4.78 is 0. The molecule has 1 saturated carbocycles. The Morgan fingerprint density at radius 3 is 2.79 bits per heavy atom. The van der Waals surface area contributed by atoms with Gasteiger partial charge in [-0.1, -0.05) is 30.4 Å². The number of amides is 2. The number of phenols is 1. The predicted molar refractivity (Wildman–Crippen MR) is 110 cm³/mol. The highest BCUT2D eigenvalue weighted by Gasteiger charge is 2.29. The molecule has 2 heterocycles. The summed E-state index contributed by atoms with van der Waals surface area (Å²) in [6.07, 6.45) is 4.63. The summed E-state index contributed by atoms with van der Waals surface area (Å²) in [6, 6.07) is 7.27. The molecular weight excluding hydrogens is 374 g/mol. The zero-order valence-corrected chi connectivity index (χ0v) is 17.0. The molecular formula is C20H27N5O2S. The average molecular weight is 402 g/mol. The fourth-order valence-electron chi connectivity index (χ4n) is 3.76. The first-order chi connectivity index (χ1) is 13.6. The van der Waals surface area contributed by atoms with Crippen molar-refractivity contribution < 1.29 is 9.90 Å². The number of hydrogen-bond acceptors (Lipinski definition) is 6. The Hall–Kier alpha value is -2.19. The summed E-state index contributed by atoms with van der Waals surface area (Å²) in [5, 5.41) is 22.4. The van der Waals surface area contributed by atoms with E-state index in [-0.39, 0.29) is 11.8 Å². The SMILES string of the molecule is CCN1CCC[C@H]1CN(Cc1ccc(O)cc1)C(=O)Nc1nnc(C2CC2)s1. The van der Waals surface area contributed by atoms with Gasteiger partial charge in [-0.05, 0) is 56.5 Å². The number of rotatable bonds is 7. The van der Waals surface area contributed by atoms with Gasteiger partial charge in [0, 0.05) is 25.0 Å². The van der Waals surface area contributed by atoms with Crippen molar-refractivity contribution in [2.24, 2.45) is 0 Å². The highest BCUT2D eigenvalue weighted by Crippen LogP contribution is 2.42. The second-order valence-electron chi connectivity index (χ2n) is 7.62. The van der Waals surface area contributed by atoms with E-state index in [1.807, 2.05) is 17.0 Å². The van der Waals surface area contributed by atoms with Gasteiger partial charge in [-0.2, -0.15) is 0 Å². The van der Waals surface area contributed by atoms with Crippen LogP contribution in [0.15, 0.2) is 24.3 Å². The Morgan fingerprint density at radius 2 is 2.07 bits per heavy atom. The molecule has 28 heavy (non-hydrogen) atoms. The van der Waals surface area contributed by atoms with Crippen LogP contribution in [0.1, 0.15) is 49.1 Å². The Labute approximate surface area is 169 Å². The van der Waals surface area contributed by atoms with E-state index < -0.39 is 0 Å². The number of likely N-dealkylation sites (tertiary alicyclic amines) is 1. The molecule has 0 spiro atoms. The topological polar surface area (TPSA) is 81.6 Å². The Kier molecular flexibility index (Phi) is 5.77. The van der Waals surface area contributed by atoms with Crippen LogP contribution in [-0.4, -0.2) is 56.8 Å². The predicted octanol–water partition coefficient (Wildman–Crippen LogP) is 3.64. The molecule has 1 atom stereocenters. The van der Waals surface area contributed by atoms with Gasteiger partial charge in [-0.15, -0.1) is 10.2 Å². The molecule has 2 fully saturated rings. The summed E-state index contributed by atoms with van der Waals surface area (Å²) in [4.78, 5) is 17.3. The van der Waals surface area contributed by atoms with Crippen molar-refractivity contribution in [3.63, 3.8) is 0 Å². The molecule has 7 nitrogen and oxygen atoms in total. The molecule has 150 valence electrons. The van der Waals surface area contributed by atoms with Crippen molar-refractivity contribution >= 4 is 22.5 Å². The number of hydrogen-bond donors (Lipinski definition) is 2. The number of nitrogens with zero attached hydrogens (tertiary/aromatic N) is 4. The second-order valence-corrected chi connectivity index (χ2v) is 8.63. The fraction of sp³-hybridized carbons (Fsp3) is 0.550. The number of benzene rings is 1. The first kappa shape index (κ1) is 19.1. The van der Waals surface area contributed by atoms with Crippen molar-refractivity contribution in [3.05, 3.63) is 34.8 Å². The molecule has 1 aromatic heterocycles. The number of aromatic hydroxyl groups is 1. The van der Waals surface area contributed by atoms with Crippen LogP contribution in [0.3, 0.4) is 0 Å². The van der Waals surface area contributed by atoms with Gasteiger partial charge in [-0.25, -0.2) is 4.79 Å². The van der Waals surface area contributed by atoms with Gasteiger partial charge < -0.3 is 10.0 Å². The molecule has 0 radical (unpaired) electrons. The quantitative estimate of drug-likeness (QED) is 0.740. The third kappa shape index (κ3) is 4.62. The molecule has 0 bridgehead atoms. The first-order valence-corrected chi connectivity index (χ1v) is 10.9. The standard InChI is InChI=1S/C20H27N5O2S/c1-2-24-11-3-4-16(24)13-25(12-14-5-9-17(26)10-6-14)20(27)21-19-23-22-18(28-19)15-7-8-15/h5-6,9-10,15-16,26H,2-4,7-8,11-13H2,1H3,(H,21,23,27)/t16-/m0/s1. The molecule has 2 N–H and O–H groups in total. The minimum absolute atomic E-state index is 0.144. The Balaban J connectivity index is 1.46. The van der Waals surface area contributed by atoms with Crippen molar-refractivity contribution in [2.75, 3.05) is 25.0 Å². The molecule has 0 unspecified atom stereocenters. The van der Waals surface area contributed by atoms with Crippen molar-refractivity contribution in [3.8, 4) is 5.75 Å². The number of carbonyl (C=O) groups is 1. The number of aromatic nitrogens is 2. The van der Waals surface area contributed by atoms with Gasteiger partial charge in [0.2, 0.25) is 5.13 Å². The second kappa shape index (κ2) is 8.45. The molecule has 1 aromatic carbocycles. The average Bonchev–Trinajstić information content (AvgIpc) is 3.27. The molecule has 1 aliphatic carbocycles. The first-order valence-electron chi connectivity index (χ1n) is 10.0. The molecule has 1 aliphatic heterocycles. The van der Waals surface area contributed by atoms with E-state index in [1.165, 1.54) is 30.6 Å². The van der Waals surface area contributed by atoms with Gasteiger partial charge in [0.15, 0.2) is 0 Å². The van der Waals surface area contributed by atoms with Crippen LogP contribution in [0.4, 0.5) is 9.93 Å². The smallest absolute Gasteiger partial charge is 0.324 e. The van der Waals surface area contributed by atoms with Crippen LogP contribution >= 0.6 is 11.3 Å². The molecule has 4 rings (SSSR count). The number of nitrogens with one attached hydrogen (secondary N) is 1. The normalized spacial score (nSPS) is 19.7. The van der Waals surface area contributed by atoms with Gasteiger partial charge in [0.05, 0.1) is 0 Å². The number of phenolic OH excluding ortho intramolecular Hbond substituents is 1. The number of likely N-dealkylation sites (N-methyl/N-ethyl adjacent to an activating group) is 1.